The number of benzene rings is 2. The highest BCUT2D eigenvalue weighted by Gasteiger charge is 2.20. The first-order valence-corrected chi connectivity index (χ1v) is 8.31. The Hall–Kier alpha value is -3.69. The first-order chi connectivity index (χ1) is 13.0. The summed E-state index contributed by atoms with van der Waals surface area (Å²) in [6.45, 7) is 0. The minimum atomic E-state index is -0.553. The Kier molecular flexibility index (Phi) is 3.87. The Balaban J connectivity index is 2.03. The monoisotopic (exact) mass is 375 g/mol. The van der Waals surface area contributed by atoms with Gasteiger partial charge in [0.2, 0.25) is 5.78 Å². The normalized spacial score (nSPS) is 10.8. The van der Waals surface area contributed by atoms with E-state index in [0.717, 1.165) is 5.39 Å². The number of pyridine rings is 1. The maximum Gasteiger partial charge on any atom is 0.270 e. The predicted octanol–water partition coefficient (Wildman–Crippen LogP) is 4.76. The van der Waals surface area contributed by atoms with Gasteiger partial charge in [0.25, 0.3) is 5.69 Å². The number of aromatic nitrogens is 1. The zero-order chi connectivity index (χ0) is 19.1. The highest BCUT2D eigenvalue weighted by molar-refractivity contribution is 6.35. The highest BCUT2D eigenvalue weighted by Crippen LogP contribution is 2.29. The van der Waals surface area contributed by atoms with Crippen LogP contribution in [0.5, 0.6) is 0 Å². The van der Waals surface area contributed by atoms with E-state index in [1.165, 1.54) is 30.3 Å². The lowest BCUT2D eigenvalue weighted by Gasteiger charge is -2.08. The van der Waals surface area contributed by atoms with Crippen LogP contribution in [0.25, 0.3) is 16.4 Å². The molecule has 0 radical (unpaired) electrons. The molecule has 0 unspecified atom stereocenters. The van der Waals surface area contributed by atoms with E-state index in [1.807, 2.05) is 0 Å². The third kappa shape index (κ3) is 2.62. The first-order valence-electron chi connectivity index (χ1n) is 7.93. The fraction of sp³-hybridized carbons (Fsp3) is 0. The van der Waals surface area contributed by atoms with E-state index in [1.54, 1.807) is 34.7 Å². The molecule has 0 N–H and O–H groups in total. The number of fused-ring (bicyclic) bond motifs is 3. The molecule has 2 aromatic heterocycles. The van der Waals surface area contributed by atoms with Crippen LogP contribution in [0.2, 0.25) is 5.02 Å². The lowest BCUT2D eigenvalue weighted by atomic mass is 10.1. The molecule has 0 aliphatic heterocycles. The Morgan fingerprint density at radius 1 is 1.07 bits per heavy atom. The maximum atomic E-state index is 13.1. The van der Waals surface area contributed by atoms with Crippen molar-refractivity contribution >= 4 is 39.5 Å². The second-order valence-electron chi connectivity index (χ2n) is 5.92. The summed E-state index contributed by atoms with van der Waals surface area (Å²) in [5, 5.41) is 21.7. The average molecular weight is 376 g/mol. The van der Waals surface area contributed by atoms with Gasteiger partial charge < -0.3 is 4.40 Å². The Morgan fingerprint density at radius 3 is 2.59 bits per heavy atom. The van der Waals surface area contributed by atoms with Gasteiger partial charge in [-0.15, -0.1) is 0 Å². The topological polar surface area (TPSA) is 88.4 Å². The fourth-order valence-electron chi connectivity index (χ4n) is 3.16. The SMILES string of the molecule is N#Cc1cc(C(=O)c2cccc([N+](=O)[O-])c2)n2c1ccc1c(Cl)cccc12. The number of nitrogens with zero attached hydrogens (tertiary/aromatic N) is 3. The van der Waals surface area contributed by atoms with Crippen molar-refractivity contribution in [1.82, 2.24) is 4.40 Å². The third-order valence-corrected chi connectivity index (χ3v) is 4.72. The zero-order valence-corrected chi connectivity index (χ0v) is 14.5. The van der Waals surface area contributed by atoms with Crippen LogP contribution in [0.15, 0.2) is 60.7 Å². The number of hydrogen-bond donors (Lipinski definition) is 0. The van der Waals surface area contributed by atoms with Gasteiger partial charge in [0.15, 0.2) is 0 Å². The van der Waals surface area contributed by atoms with E-state index < -0.39 is 10.7 Å². The molecule has 0 spiro atoms. The number of nitro benzene ring substituents is 1. The van der Waals surface area contributed by atoms with Crippen molar-refractivity contribution in [3.05, 3.63) is 92.6 Å². The van der Waals surface area contributed by atoms with Gasteiger partial charge in [-0.3, -0.25) is 14.9 Å². The number of carbonyl (C=O) groups is 1. The molecule has 0 saturated heterocycles. The Morgan fingerprint density at radius 2 is 1.85 bits per heavy atom. The van der Waals surface area contributed by atoms with Crippen LogP contribution in [0.4, 0.5) is 5.69 Å². The van der Waals surface area contributed by atoms with Gasteiger partial charge >= 0.3 is 0 Å². The lowest BCUT2D eigenvalue weighted by Crippen LogP contribution is -2.06. The smallest absolute Gasteiger partial charge is 0.270 e. The minimum absolute atomic E-state index is 0.171. The average Bonchev–Trinajstić information content (AvgIpc) is 3.07. The number of carbonyl (C=O) groups excluding carboxylic acids is 1. The molecule has 4 aromatic rings. The largest absolute Gasteiger partial charge is 0.305 e. The Bertz CT molecular complexity index is 1300. The molecule has 0 saturated carbocycles. The van der Waals surface area contributed by atoms with Crippen LogP contribution in [-0.2, 0) is 0 Å². The number of nitro groups is 1. The minimum Gasteiger partial charge on any atom is -0.305 e. The highest BCUT2D eigenvalue weighted by atomic mass is 35.5. The van der Waals surface area contributed by atoms with E-state index >= 15 is 0 Å². The standard InChI is InChI=1S/C20H10ClN3O3/c21-16-5-2-6-18-15(16)7-8-17-13(11-22)10-19(23(17)18)20(25)12-3-1-4-14(9-12)24(26)27/h1-10H. The molecule has 7 heteroatoms. The molecule has 0 aliphatic rings. The predicted molar refractivity (Wildman–Crippen MR) is 101 cm³/mol. The molecule has 2 heterocycles. The van der Waals surface area contributed by atoms with Crippen LogP contribution >= 0.6 is 11.6 Å². The van der Waals surface area contributed by atoms with Crippen molar-refractivity contribution in [2.75, 3.05) is 0 Å². The molecule has 6 nitrogen and oxygen atoms in total. The van der Waals surface area contributed by atoms with Crippen LogP contribution < -0.4 is 0 Å². The summed E-state index contributed by atoms with van der Waals surface area (Å²) in [5.41, 5.74) is 1.83. The summed E-state index contributed by atoms with van der Waals surface area (Å²) < 4.78 is 1.67. The number of rotatable bonds is 3. The molecule has 0 aliphatic carbocycles. The number of hydrogen-bond acceptors (Lipinski definition) is 4. The second kappa shape index (κ2) is 6.24. The van der Waals surface area contributed by atoms with Crippen molar-refractivity contribution in [1.29, 1.82) is 5.26 Å². The second-order valence-corrected chi connectivity index (χ2v) is 6.33. The summed E-state index contributed by atoms with van der Waals surface area (Å²) in [4.78, 5) is 23.6. The molecule has 4 rings (SSSR count). The molecule has 0 amide bonds. The number of ketones is 1. The summed E-state index contributed by atoms with van der Waals surface area (Å²) >= 11 is 6.26. The van der Waals surface area contributed by atoms with Gasteiger partial charge in [-0.2, -0.15) is 5.26 Å². The first kappa shape index (κ1) is 16.8. The quantitative estimate of drug-likeness (QED) is 0.293. The van der Waals surface area contributed by atoms with Crippen LogP contribution in [0.1, 0.15) is 21.6 Å². The lowest BCUT2D eigenvalue weighted by molar-refractivity contribution is -0.384. The van der Waals surface area contributed by atoms with Gasteiger partial charge in [0.05, 0.1) is 27.2 Å². The number of non-ortho nitro benzene ring substituents is 1. The molecule has 0 atom stereocenters. The molecule has 27 heavy (non-hydrogen) atoms. The van der Waals surface area contributed by atoms with Crippen LogP contribution in [0.3, 0.4) is 0 Å². The third-order valence-electron chi connectivity index (χ3n) is 4.39. The molecule has 130 valence electrons. The van der Waals surface area contributed by atoms with Gasteiger partial charge in [-0.25, -0.2) is 0 Å². The molecular formula is C20H10ClN3O3. The fourth-order valence-corrected chi connectivity index (χ4v) is 3.39. The summed E-state index contributed by atoms with van der Waals surface area (Å²) in [7, 11) is 0. The van der Waals surface area contributed by atoms with E-state index in [2.05, 4.69) is 6.07 Å². The molecule has 0 fully saturated rings. The van der Waals surface area contributed by atoms with Crippen molar-refractivity contribution in [2.45, 2.75) is 0 Å². The summed E-state index contributed by atoms with van der Waals surface area (Å²) in [6, 6.07) is 18.0. The van der Waals surface area contributed by atoms with Gasteiger partial charge in [0, 0.05) is 28.1 Å². The van der Waals surface area contributed by atoms with E-state index in [4.69, 9.17) is 11.6 Å². The summed E-state index contributed by atoms with van der Waals surface area (Å²) in [6.07, 6.45) is 0. The molecular weight excluding hydrogens is 366 g/mol. The van der Waals surface area contributed by atoms with Crippen LogP contribution in [0, 0.1) is 21.4 Å². The zero-order valence-electron chi connectivity index (χ0n) is 13.7. The van der Waals surface area contributed by atoms with Crippen molar-refractivity contribution in [3.63, 3.8) is 0 Å². The van der Waals surface area contributed by atoms with E-state index in [0.29, 0.717) is 21.6 Å². The van der Waals surface area contributed by atoms with E-state index in [-0.39, 0.29) is 16.9 Å². The maximum absolute atomic E-state index is 13.1. The van der Waals surface area contributed by atoms with Gasteiger partial charge in [-0.1, -0.05) is 29.8 Å². The van der Waals surface area contributed by atoms with Gasteiger partial charge in [0.1, 0.15) is 6.07 Å². The molecule has 0 bridgehead atoms. The van der Waals surface area contributed by atoms with Crippen molar-refractivity contribution in [3.8, 4) is 6.07 Å². The van der Waals surface area contributed by atoms with E-state index in [9.17, 15) is 20.2 Å². The van der Waals surface area contributed by atoms with Gasteiger partial charge in [-0.05, 0) is 30.3 Å². The van der Waals surface area contributed by atoms with Crippen molar-refractivity contribution in [2.24, 2.45) is 0 Å². The number of nitriles is 1. The Labute approximate surface area is 158 Å². The van der Waals surface area contributed by atoms with Crippen molar-refractivity contribution < 1.29 is 9.72 Å². The molecule has 2 aromatic carbocycles. The number of halogens is 1. The summed E-state index contributed by atoms with van der Waals surface area (Å²) in [5.74, 6) is -0.414. The van der Waals surface area contributed by atoms with Crippen LogP contribution in [-0.4, -0.2) is 15.1 Å².